The molecular formula is C33H29N. The van der Waals surface area contributed by atoms with E-state index in [-0.39, 0.29) is 5.41 Å². The van der Waals surface area contributed by atoms with Crippen molar-refractivity contribution in [2.45, 2.75) is 32.1 Å². The highest BCUT2D eigenvalue weighted by molar-refractivity contribution is 5.86. The zero-order chi connectivity index (χ0) is 23.1. The van der Waals surface area contributed by atoms with Gasteiger partial charge in [-0.25, -0.2) is 0 Å². The van der Waals surface area contributed by atoms with Crippen molar-refractivity contribution in [3.63, 3.8) is 0 Å². The third kappa shape index (κ3) is 3.49. The van der Waals surface area contributed by atoms with Crippen LogP contribution in [-0.2, 0) is 5.41 Å². The van der Waals surface area contributed by atoms with Crippen molar-refractivity contribution < 1.29 is 0 Å². The van der Waals surface area contributed by atoms with Crippen molar-refractivity contribution >= 4 is 16.9 Å². The molecule has 0 saturated carbocycles. The number of fused-ring (bicyclic) bond motifs is 3. The molecule has 0 fully saturated rings. The fourth-order valence-corrected chi connectivity index (χ4v) is 5.49. The molecule has 4 aromatic carbocycles. The van der Waals surface area contributed by atoms with Gasteiger partial charge in [0.1, 0.15) is 0 Å². The van der Waals surface area contributed by atoms with Crippen LogP contribution in [0.2, 0.25) is 0 Å². The molecule has 166 valence electrons. The van der Waals surface area contributed by atoms with Gasteiger partial charge in [-0.3, -0.25) is 0 Å². The van der Waals surface area contributed by atoms with Crippen LogP contribution in [0.5, 0.6) is 0 Å². The second-order valence-corrected chi connectivity index (χ2v) is 9.84. The van der Waals surface area contributed by atoms with Crippen LogP contribution < -0.4 is 5.32 Å². The van der Waals surface area contributed by atoms with Gasteiger partial charge >= 0.3 is 0 Å². The lowest BCUT2D eigenvalue weighted by Crippen LogP contribution is -2.15. The number of benzene rings is 4. The van der Waals surface area contributed by atoms with Gasteiger partial charge in [-0.1, -0.05) is 98.8 Å². The maximum atomic E-state index is 3.78. The molecule has 1 nitrogen and oxygen atoms in total. The minimum atomic E-state index is 0.000303. The normalized spacial score (nSPS) is 15.4. The summed E-state index contributed by atoms with van der Waals surface area (Å²) in [6.07, 6.45) is 8.86. The average molecular weight is 440 g/mol. The SMILES string of the molecule is CC1(C)c2ccccc2-c2ccc(Nc3ccc(-c4ccccc4)cc3C3=CC=CCC3)cc21. The van der Waals surface area contributed by atoms with Crippen LogP contribution in [0.15, 0.2) is 109 Å². The van der Waals surface area contributed by atoms with Gasteiger partial charge in [-0.2, -0.15) is 0 Å². The van der Waals surface area contributed by atoms with Crippen LogP contribution in [0, 0.1) is 0 Å². The summed E-state index contributed by atoms with van der Waals surface area (Å²) in [5.41, 5.74) is 13.0. The maximum Gasteiger partial charge on any atom is 0.0461 e. The molecule has 0 atom stereocenters. The Morgan fingerprint density at radius 3 is 2.29 bits per heavy atom. The zero-order valence-electron chi connectivity index (χ0n) is 19.8. The first-order valence-electron chi connectivity index (χ1n) is 12.2. The second-order valence-electron chi connectivity index (χ2n) is 9.84. The highest BCUT2D eigenvalue weighted by Gasteiger charge is 2.35. The summed E-state index contributed by atoms with van der Waals surface area (Å²) in [5.74, 6) is 0. The molecule has 2 aliphatic rings. The maximum absolute atomic E-state index is 3.78. The molecule has 0 amide bonds. The van der Waals surface area contributed by atoms with Crippen molar-refractivity contribution in [1.29, 1.82) is 0 Å². The fourth-order valence-electron chi connectivity index (χ4n) is 5.49. The Kier molecular flexibility index (Phi) is 4.99. The zero-order valence-corrected chi connectivity index (χ0v) is 19.8. The fraction of sp³-hybridized carbons (Fsp3) is 0.152. The molecule has 1 N–H and O–H groups in total. The van der Waals surface area contributed by atoms with Crippen LogP contribution in [0.3, 0.4) is 0 Å². The molecule has 1 heteroatoms. The molecule has 0 aliphatic heterocycles. The Morgan fingerprint density at radius 2 is 1.47 bits per heavy atom. The summed E-state index contributed by atoms with van der Waals surface area (Å²) >= 11 is 0. The molecule has 0 saturated heterocycles. The van der Waals surface area contributed by atoms with Crippen molar-refractivity contribution in [3.8, 4) is 22.3 Å². The van der Waals surface area contributed by atoms with Gasteiger partial charge in [0.15, 0.2) is 0 Å². The van der Waals surface area contributed by atoms with Crippen LogP contribution in [-0.4, -0.2) is 0 Å². The topological polar surface area (TPSA) is 12.0 Å². The quantitative estimate of drug-likeness (QED) is 0.334. The Bertz CT molecular complexity index is 1440. The van der Waals surface area contributed by atoms with E-state index >= 15 is 0 Å². The van der Waals surface area contributed by atoms with E-state index in [0.29, 0.717) is 0 Å². The first kappa shape index (κ1) is 20.7. The lowest BCUT2D eigenvalue weighted by Gasteiger charge is -2.22. The molecule has 4 aromatic rings. The Labute approximate surface area is 202 Å². The van der Waals surface area contributed by atoms with Crippen LogP contribution in [0.4, 0.5) is 11.4 Å². The predicted octanol–water partition coefficient (Wildman–Crippen LogP) is 9.14. The van der Waals surface area contributed by atoms with E-state index in [1.807, 2.05) is 0 Å². The number of hydrogen-bond donors (Lipinski definition) is 1. The number of rotatable bonds is 4. The number of nitrogens with one attached hydrogen (secondary N) is 1. The van der Waals surface area contributed by atoms with Gasteiger partial charge in [-0.05, 0) is 76.1 Å². The Morgan fingerprint density at radius 1 is 0.676 bits per heavy atom. The van der Waals surface area contributed by atoms with E-state index in [1.165, 1.54) is 44.5 Å². The van der Waals surface area contributed by atoms with E-state index in [4.69, 9.17) is 0 Å². The first-order valence-corrected chi connectivity index (χ1v) is 12.2. The molecule has 0 unspecified atom stereocenters. The minimum Gasteiger partial charge on any atom is -0.355 e. The van der Waals surface area contributed by atoms with Crippen LogP contribution >= 0.6 is 0 Å². The summed E-state index contributed by atoms with van der Waals surface area (Å²) in [6, 6.07) is 33.1. The highest BCUT2D eigenvalue weighted by Crippen LogP contribution is 2.49. The van der Waals surface area contributed by atoms with Gasteiger partial charge in [0.05, 0.1) is 0 Å². The third-order valence-electron chi connectivity index (χ3n) is 7.35. The van der Waals surface area contributed by atoms with Crippen molar-refractivity contribution in [1.82, 2.24) is 0 Å². The summed E-state index contributed by atoms with van der Waals surface area (Å²) < 4.78 is 0. The van der Waals surface area contributed by atoms with Crippen molar-refractivity contribution in [2.75, 3.05) is 5.32 Å². The molecule has 0 radical (unpaired) electrons. The molecule has 0 spiro atoms. The number of anilines is 2. The Balaban J connectivity index is 1.41. The van der Waals surface area contributed by atoms with Crippen molar-refractivity contribution in [2.24, 2.45) is 0 Å². The number of hydrogen-bond acceptors (Lipinski definition) is 1. The molecule has 0 aromatic heterocycles. The van der Waals surface area contributed by atoms with Gasteiger partial charge in [-0.15, -0.1) is 0 Å². The third-order valence-corrected chi connectivity index (χ3v) is 7.35. The van der Waals surface area contributed by atoms with Crippen LogP contribution in [0.25, 0.3) is 27.8 Å². The van der Waals surface area contributed by atoms with E-state index in [0.717, 1.165) is 24.2 Å². The van der Waals surface area contributed by atoms with E-state index < -0.39 is 0 Å². The molecule has 0 heterocycles. The smallest absolute Gasteiger partial charge is 0.0461 e. The Hall–Kier alpha value is -3.84. The van der Waals surface area contributed by atoms with Gasteiger partial charge in [0.25, 0.3) is 0 Å². The molecule has 6 rings (SSSR count). The standard InChI is InChI=1S/C33H29N/c1-33(2)30-16-10-9-15-27(30)28-19-18-26(22-31(28)33)34-32-20-17-25(23-11-5-3-6-12-23)21-29(32)24-13-7-4-8-14-24/h3-7,9-13,15-22,34H,8,14H2,1-2H3. The second kappa shape index (κ2) is 8.18. The summed E-state index contributed by atoms with van der Waals surface area (Å²) in [4.78, 5) is 0. The minimum absolute atomic E-state index is 0.000303. The largest absolute Gasteiger partial charge is 0.355 e. The van der Waals surface area contributed by atoms with E-state index in [1.54, 1.807) is 0 Å². The summed E-state index contributed by atoms with van der Waals surface area (Å²) in [5, 5.41) is 3.78. The molecule has 2 aliphatic carbocycles. The summed E-state index contributed by atoms with van der Waals surface area (Å²) in [7, 11) is 0. The van der Waals surface area contributed by atoms with Gasteiger partial charge in [0.2, 0.25) is 0 Å². The molecule has 34 heavy (non-hydrogen) atoms. The van der Waals surface area contributed by atoms with Gasteiger partial charge < -0.3 is 5.32 Å². The monoisotopic (exact) mass is 439 g/mol. The highest BCUT2D eigenvalue weighted by atomic mass is 14.9. The lowest BCUT2D eigenvalue weighted by atomic mass is 9.82. The van der Waals surface area contributed by atoms with Crippen molar-refractivity contribution in [3.05, 3.63) is 126 Å². The van der Waals surface area contributed by atoms with Crippen LogP contribution in [0.1, 0.15) is 43.4 Å². The predicted molar refractivity (Wildman–Crippen MR) is 146 cm³/mol. The van der Waals surface area contributed by atoms with Gasteiger partial charge in [0, 0.05) is 22.4 Å². The average Bonchev–Trinajstić information content (AvgIpc) is 3.12. The molecular weight excluding hydrogens is 410 g/mol. The lowest BCUT2D eigenvalue weighted by molar-refractivity contribution is 0.660. The van der Waals surface area contributed by atoms with E-state index in [2.05, 4.69) is 128 Å². The first-order chi connectivity index (χ1) is 16.6. The number of allylic oxidation sites excluding steroid dienone is 4. The molecule has 0 bridgehead atoms. The summed E-state index contributed by atoms with van der Waals surface area (Å²) in [6.45, 7) is 4.67. The van der Waals surface area contributed by atoms with E-state index in [9.17, 15) is 0 Å².